The molecule has 0 aliphatic carbocycles. The summed E-state index contributed by atoms with van der Waals surface area (Å²) in [5.74, 6) is -0.648. The van der Waals surface area contributed by atoms with Crippen LogP contribution in [-0.2, 0) is 0 Å². The van der Waals surface area contributed by atoms with Crippen LogP contribution in [0.4, 0.5) is 4.39 Å². The first-order valence-electron chi connectivity index (χ1n) is 7.42. The van der Waals surface area contributed by atoms with Gasteiger partial charge < -0.3 is 15.6 Å². The zero-order valence-corrected chi connectivity index (χ0v) is 12.1. The molecule has 2 aromatic rings. The number of nitrogens with zero attached hydrogens (tertiary/aromatic N) is 1. The van der Waals surface area contributed by atoms with E-state index in [9.17, 15) is 14.0 Å². The molecule has 1 saturated heterocycles. The molecule has 1 fully saturated rings. The molecule has 1 amide bonds. The number of aromatic nitrogens is 1. The summed E-state index contributed by atoms with van der Waals surface area (Å²) in [6.45, 7) is 1.21. The number of carbonyl (C=O) groups is 1. The summed E-state index contributed by atoms with van der Waals surface area (Å²) in [5, 5.41) is 0.555. The predicted octanol–water partition coefficient (Wildman–Crippen LogP) is 1.62. The molecule has 1 aromatic carbocycles. The molecule has 1 aliphatic rings. The minimum atomic E-state index is -0.450. The highest BCUT2D eigenvalue weighted by atomic mass is 19.1. The Morgan fingerprint density at radius 1 is 1.27 bits per heavy atom. The highest BCUT2D eigenvalue weighted by Crippen LogP contribution is 2.19. The van der Waals surface area contributed by atoms with Gasteiger partial charge in [-0.05, 0) is 37.5 Å². The molecule has 1 aromatic heterocycles. The first-order chi connectivity index (χ1) is 10.5. The third-order valence-corrected chi connectivity index (χ3v) is 4.10. The number of hydrogen-bond acceptors (Lipinski definition) is 3. The van der Waals surface area contributed by atoms with Crippen molar-refractivity contribution in [2.45, 2.75) is 25.3 Å². The molecule has 0 radical (unpaired) electrons. The van der Waals surface area contributed by atoms with Crippen LogP contribution in [0.25, 0.3) is 10.9 Å². The van der Waals surface area contributed by atoms with Gasteiger partial charge in [-0.1, -0.05) is 0 Å². The molecule has 5 nitrogen and oxygen atoms in total. The molecule has 22 heavy (non-hydrogen) atoms. The number of hydrogen-bond donors (Lipinski definition) is 2. The number of rotatable bonds is 1. The van der Waals surface area contributed by atoms with Crippen LogP contribution in [0.1, 0.15) is 29.6 Å². The van der Waals surface area contributed by atoms with E-state index >= 15 is 0 Å². The summed E-state index contributed by atoms with van der Waals surface area (Å²) in [4.78, 5) is 28.8. The van der Waals surface area contributed by atoms with Crippen LogP contribution in [0.15, 0.2) is 29.1 Å². The van der Waals surface area contributed by atoms with Gasteiger partial charge in [0.2, 0.25) is 5.56 Å². The van der Waals surface area contributed by atoms with Crippen LogP contribution in [-0.4, -0.2) is 34.9 Å². The molecule has 1 unspecified atom stereocenters. The van der Waals surface area contributed by atoms with E-state index in [0.717, 1.165) is 19.3 Å². The molecule has 1 aliphatic heterocycles. The maximum Gasteiger partial charge on any atom is 0.254 e. The van der Waals surface area contributed by atoms with Crippen LogP contribution in [0, 0.1) is 5.82 Å². The topological polar surface area (TPSA) is 79.2 Å². The van der Waals surface area contributed by atoms with Gasteiger partial charge in [-0.2, -0.15) is 0 Å². The van der Waals surface area contributed by atoms with Gasteiger partial charge >= 0.3 is 0 Å². The number of aromatic amines is 1. The Morgan fingerprint density at radius 2 is 2.09 bits per heavy atom. The van der Waals surface area contributed by atoms with Crippen molar-refractivity contribution in [3.05, 3.63) is 46.0 Å². The molecule has 1 atom stereocenters. The molecule has 0 spiro atoms. The van der Waals surface area contributed by atoms with Gasteiger partial charge in [0, 0.05) is 30.6 Å². The summed E-state index contributed by atoms with van der Waals surface area (Å²) in [7, 11) is 0. The Hall–Kier alpha value is -2.21. The zero-order chi connectivity index (χ0) is 15.7. The predicted molar refractivity (Wildman–Crippen MR) is 82.3 cm³/mol. The van der Waals surface area contributed by atoms with Gasteiger partial charge in [0.1, 0.15) is 5.82 Å². The Labute approximate surface area is 126 Å². The van der Waals surface area contributed by atoms with Gasteiger partial charge in [-0.25, -0.2) is 4.39 Å². The van der Waals surface area contributed by atoms with Crippen LogP contribution in [0.2, 0.25) is 0 Å². The van der Waals surface area contributed by atoms with E-state index in [1.807, 2.05) is 0 Å². The molecule has 0 saturated carbocycles. The van der Waals surface area contributed by atoms with Gasteiger partial charge in [0.05, 0.1) is 11.1 Å². The Bertz CT molecular complexity index is 772. The summed E-state index contributed by atoms with van der Waals surface area (Å²) >= 11 is 0. The molecule has 6 heteroatoms. The van der Waals surface area contributed by atoms with Crippen molar-refractivity contribution < 1.29 is 9.18 Å². The van der Waals surface area contributed by atoms with Crippen LogP contribution in [0.3, 0.4) is 0 Å². The van der Waals surface area contributed by atoms with Crippen molar-refractivity contribution in [1.82, 2.24) is 9.88 Å². The largest absolute Gasteiger partial charge is 0.339 e. The summed E-state index contributed by atoms with van der Waals surface area (Å²) in [6.07, 6.45) is 2.50. The van der Waals surface area contributed by atoms with E-state index in [1.54, 1.807) is 4.90 Å². The highest BCUT2D eigenvalue weighted by Gasteiger charge is 2.22. The molecule has 3 rings (SSSR count). The second kappa shape index (κ2) is 5.88. The van der Waals surface area contributed by atoms with E-state index in [2.05, 4.69) is 4.98 Å². The van der Waals surface area contributed by atoms with E-state index in [1.165, 1.54) is 24.3 Å². The molecular weight excluding hydrogens is 285 g/mol. The number of nitrogens with one attached hydrogen (secondary N) is 1. The van der Waals surface area contributed by atoms with Gasteiger partial charge in [-0.3, -0.25) is 9.59 Å². The molecule has 2 heterocycles. The maximum absolute atomic E-state index is 13.3. The van der Waals surface area contributed by atoms with Gasteiger partial charge in [0.25, 0.3) is 5.91 Å². The number of fused-ring (bicyclic) bond motifs is 1. The first kappa shape index (κ1) is 14.7. The fourth-order valence-corrected chi connectivity index (χ4v) is 2.90. The average molecular weight is 303 g/mol. The second-order valence-electron chi connectivity index (χ2n) is 5.72. The van der Waals surface area contributed by atoms with Crippen molar-refractivity contribution in [3.63, 3.8) is 0 Å². The van der Waals surface area contributed by atoms with Crippen molar-refractivity contribution in [2.75, 3.05) is 13.1 Å². The lowest BCUT2D eigenvalue weighted by atomic mass is 10.1. The number of likely N-dealkylation sites (tertiary alicyclic amines) is 1. The number of H-pyrrole nitrogens is 1. The minimum Gasteiger partial charge on any atom is -0.339 e. The monoisotopic (exact) mass is 303 g/mol. The standard InChI is InChI=1S/C16H18FN3O2/c17-10-3-4-12-13(9-15(21)19-14(12)8-10)16(22)20-6-1-2-11(18)5-7-20/h3-4,8-9,11H,1-2,5-7,18H2,(H,19,21). The normalized spacial score (nSPS) is 19.2. The number of pyridine rings is 1. The van der Waals surface area contributed by atoms with E-state index < -0.39 is 11.4 Å². The average Bonchev–Trinajstić information content (AvgIpc) is 2.70. The number of amides is 1. The quantitative estimate of drug-likeness (QED) is 0.840. The molecule has 0 bridgehead atoms. The summed E-state index contributed by atoms with van der Waals surface area (Å²) < 4.78 is 13.3. The first-order valence-corrected chi connectivity index (χ1v) is 7.42. The number of benzene rings is 1. The van der Waals surface area contributed by atoms with Crippen molar-refractivity contribution in [1.29, 1.82) is 0 Å². The van der Waals surface area contributed by atoms with Crippen LogP contribution < -0.4 is 11.3 Å². The Morgan fingerprint density at radius 3 is 2.91 bits per heavy atom. The maximum atomic E-state index is 13.3. The minimum absolute atomic E-state index is 0.114. The van der Waals surface area contributed by atoms with Crippen molar-refractivity contribution in [2.24, 2.45) is 5.73 Å². The van der Waals surface area contributed by atoms with Crippen LogP contribution in [0.5, 0.6) is 0 Å². The molecule has 116 valence electrons. The third-order valence-electron chi connectivity index (χ3n) is 4.10. The fourth-order valence-electron chi connectivity index (χ4n) is 2.90. The van der Waals surface area contributed by atoms with Gasteiger partial charge in [-0.15, -0.1) is 0 Å². The van der Waals surface area contributed by atoms with E-state index in [-0.39, 0.29) is 11.9 Å². The number of carbonyl (C=O) groups excluding carboxylic acids is 1. The van der Waals surface area contributed by atoms with Crippen molar-refractivity contribution >= 4 is 16.8 Å². The fraction of sp³-hybridized carbons (Fsp3) is 0.375. The lowest BCUT2D eigenvalue weighted by Gasteiger charge is -2.21. The molecular formula is C16H18FN3O2. The number of halogens is 1. The third kappa shape index (κ3) is 2.87. The molecule has 3 N–H and O–H groups in total. The van der Waals surface area contributed by atoms with E-state index in [4.69, 9.17) is 5.73 Å². The Kier molecular flexibility index (Phi) is 3.94. The van der Waals surface area contributed by atoms with Crippen LogP contribution >= 0.6 is 0 Å². The number of nitrogens with two attached hydrogens (primary N) is 1. The second-order valence-corrected chi connectivity index (χ2v) is 5.72. The zero-order valence-electron chi connectivity index (χ0n) is 12.1. The van der Waals surface area contributed by atoms with Crippen molar-refractivity contribution in [3.8, 4) is 0 Å². The van der Waals surface area contributed by atoms with E-state index in [0.29, 0.717) is 29.6 Å². The smallest absolute Gasteiger partial charge is 0.254 e. The summed E-state index contributed by atoms with van der Waals surface area (Å²) in [6, 6.07) is 5.44. The SMILES string of the molecule is NC1CCCN(C(=O)c2cc(=O)[nH]c3cc(F)ccc23)CC1. The Balaban J connectivity index is 2.01. The lowest BCUT2D eigenvalue weighted by molar-refractivity contribution is 0.0763. The van der Waals surface area contributed by atoms with Gasteiger partial charge in [0.15, 0.2) is 0 Å². The highest BCUT2D eigenvalue weighted by molar-refractivity contribution is 6.05. The lowest BCUT2D eigenvalue weighted by Crippen LogP contribution is -2.33. The summed E-state index contributed by atoms with van der Waals surface area (Å²) in [5.41, 5.74) is 6.17.